The molecule has 2 aromatic carbocycles. The maximum Gasteiger partial charge on any atom is 0.251 e. The van der Waals surface area contributed by atoms with E-state index in [1.165, 1.54) is 0 Å². The first-order chi connectivity index (χ1) is 12.0. The van der Waals surface area contributed by atoms with Crippen LogP contribution < -0.4 is 11.1 Å². The van der Waals surface area contributed by atoms with E-state index in [-0.39, 0.29) is 11.8 Å². The lowest BCUT2D eigenvalue weighted by molar-refractivity contribution is -0.128. The average Bonchev–Trinajstić information content (AvgIpc) is 3.01. The number of hydrogen-bond donors (Lipinski definition) is 2. The zero-order chi connectivity index (χ0) is 17.8. The summed E-state index contributed by atoms with van der Waals surface area (Å²) in [6.07, 6.45) is 1.56. The van der Waals surface area contributed by atoms with Crippen LogP contribution in [0.3, 0.4) is 0 Å². The van der Waals surface area contributed by atoms with E-state index in [4.69, 9.17) is 5.73 Å². The molecule has 2 aromatic rings. The molecule has 1 fully saturated rings. The molecule has 1 saturated heterocycles. The number of amides is 2. The number of carbonyl (C=O) groups excluding carboxylic acids is 2. The van der Waals surface area contributed by atoms with Gasteiger partial charge in [-0.15, -0.1) is 0 Å². The van der Waals surface area contributed by atoms with Crippen LogP contribution in [0, 0.1) is 6.92 Å². The van der Waals surface area contributed by atoms with Crippen LogP contribution in [0.5, 0.6) is 0 Å². The zero-order valence-corrected chi connectivity index (χ0v) is 14.4. The Morgan fingerprint density at radius 3 is 2.68 bits per heavy atom. The third-order valence-corrected chi connectivity index (χ3v) is 4.60. The molecule has 0 saturated carbocycles. The molecule has 0 unspecified atom stereocenters. The first-order valence-electron chi connectivity index (χ1n) is 8.53. The summed E-state index contributed by atoms with van der Waals surface area (Å²) in [6.45, 7) is 3.72. The SMILES string of the molecule is Cc1ccc(N)cc1C(=O)NCc1ccccc1CN1CCCC1=O. The predicted molar refractivity (Wildman–Crippen MR) is 97.9 cm³/mol. The van der Waals surface area contributed by atoms with E-state index in [0.29, 0.717) is 30.8 Å². The molecule has 130 valence electrons. The number of nitrogens with two attached hydrogens (primary N) is 1. The molecule has 25 heavy (non-hydrogen) atoms. The van der Waals surface area contributed by atoms with Crippen molar-refractivity contribution in [2.45, 2.75) is 32.9 Å². The molecule has 5 heteroatoms. The van der Waals surface area contributed by atoms with Gasteiger partial charge in [-0.3, -0.25) is 9.59 Å². The molecule has 0 aliphatic carbocycles. The number of nitrogens with one attached hydrogen (secondary N) is 1. The summed E-state index contributed by atoms with van der Waals surface area (Å²) in [5.41, 5.74) is 9.93. The summed E-state index contributed by atoms with van der Waals surface area (Å²) in [6, 6.07) is 13.2. The lowest BCUT2D eigenvalue weighted by Crippen LogP contribution is -2.27. The van der Waals surface area contributed by atoms with Gasteiger partial charge in [0.2, 0.25) is 5.91 Å². The number of nitrogens with zero attached hydrogens (tertiary/aromatic N) is 1. The minimum absolute atomic E-state index is 0.142. The van der Waals surface area contributed by atoms with Crippen LogP contribution in [-0.4, -0.2) is 23.3 Å². The third-order valence-electron chi connectivity index (χ3n) is 4.60. The van der Waals surface area contributed by atoms with Crippen LogP contribution in [0.15, 0.2) is 42.5 Å². The normalized spacial score (nSPS) is 14.0. The van der Waals surface area contributed by atoms with Gasteiger partial charge in [0.1, 0.15) is 0 Å². The molecule has 1 aliphatic heterocycles. The Kier molecular flexibility index (Phi) is 5.03. The van der Waals surface area contributed by atoms with Crippen molar-refractivity contribution in [2.24, 2.45) is 0 Å². The largest absolute Gasteiger partial charge is 0.399 e. The van der Waals surface area contributed by atoms with Gasteiger partial charge < -0.3 is 16.0 Å². The number of hydrogen-bond acceptors (Lipinski definition) is 3. The van der Waals surface area contributed by atoms with E-state index >= 15 is 0 Å². The minimum Gasteiger partial charge on any atom is -0.399 e. The number of benzene rings is 2. The summed E-state index contributed by atoms with van der Waals surface area (Å²) in [7, 11) is 0. The molecular formula is C20H23N3O2. The van der Waals surface area contributed by atoms with E-state index in [1.54, 1.807) is 12.1 Å². The first-order valence-corrected chi connectivity index (χ1v) is 8.53. The molecule has 3 rings (SSSR count). The first kappa shape index (κ1) is 17.0. The van der Waals surface area contributed by atoms with Crippen LogP contribution in [0.25, 0.3) is 0 Å². The summed E-state index contributed by atoms with van der Waals surface area (Å²) in [5, 5.41) is 2.96. The highest BCUT2D eigenvalue weighted by atomic mass is 16.2. The van der Waals surface area contributed by atoms with E-state index in [9.17, 15) is 9.59 Å². The molecule has 0 bridgehead atoms. The van der Waals surface area contributed by atoms with Gasteiger partial charge in [0.15, 0.2) is 0 Å². The van der Waals surface area contributed by atoms with E-state index in [2.05, 4.69) is 5.32 Å². The number of likely N-dealkylation sites (tertiary alicyclic amines) is 1. The highest BCUT2D eigenvalue weighted by molar-refractivity contribution is 5.96. The monoisotopic (exact) mass is 337 g/mol. The lowest BCUT2D eigenvalue weighted by Gasteiger charge is -2.18. The van der Waals surface area contributed by atoms with E-state index in [1.807, 2.05) is 42.2 Å². The molecular weight excluding hydrogens is 314 g/mol. The van der Waals surface area contributed by atoms with Crippen molar-refractivity contribution in [3.63, 3.8) is 0 Å². The van der Waals surface area contributed by atoms with Crippen molar-refractivity contribution in [1.82, 2.24) is 10.2 Å². The maximum atomic E-state index is 12.5. The van der Waals surface area contributed by atoms with Crippen molar-refractivity contribution in [3.05, 3.63) is 64.7 Å². The summed E-state index contributed by atoms with van der Waals surface area (Å²) in [5.74, 6) is 0.0612. The van der Waals surface area contributed by atoms with Crippen LogP contribution in [0.1, 0.15) is 39.9 Å². The molecule has 5 nitrogen and oxygen atoms in total. The molecule has 0 spiro atoms. The van der Waals surface area contributed by atoms with Gasteiger partial charge in [-0.05, 0) is 42.2 Å². The summed E-state index contributed by atoms with van der Waals surface area (Å²) in [4.78, 5) is 26.2. The molecule has 1 heterocycles. The van der Waals surface area contributed by atoms with Crippen LogP contribution in [-0.2, 0) is 17.9 Å². The Morgan fingerprint density at radius 1 is 1.20 bits per heavy atom. The highest BCUT2D eigenvalue weighted by Gasteiger charge is 2.21. The minimum atomic E-state index is -0.142. The van der Waals surface area contributed by atoms with Crippen molar-refractivity contribution in [1.29, 1.82) is 0 Å². The lowest BCUT2D eigenvalue weighted by atomic mass is 10.1. The van der Waals surface area contributed by atoms with Gasteiger partial charge in [-0.2, -0.15) is 0 Å². The molecule has 3 N–H and O–H groups in total. The number of anilines is 1. The van der Waals surface area contributed by atoms with Gasteiger partial charge in [0.05, 0.1) is 0 Å². The number of aryl methyl sites for hydroxylation is 1. The third kappa shape index (κ3) is 3.99. The van der Waals surface area contributed by atoms with Gasteiger partial charge in [0.25, 0.3) is 5.91 Å². The van der Waals surface area contributed by atoms with Crippen molar-refractivity contribution < 1.29 is 9.59 Å². The maximum absolute atomic E-state index is 12.5. The Hall–Kier alpha value is -2.82. The second-order valence-electron chi connectivity index (χ2n) is 6.44. The van der Waals surface area contributed by atoms with Gasteiger partial charge in [-0.25, -0.2) is 0 Å². The fourth-order valence-electron chi connectivity index (χ4n) is 3.12. The van der Waals surface area contributed by atoms with Crippen LogP contribution in [0.4, 0.5) is 5.69 Å². The van der Waals surface area contributed by atoms with Crippen molar-refractivity contribution >= 4 is 17.5 Å². The number of nitrogen functional groups attached to an aromatic ring is 1. The molecule has 1 aliphatic rings. The fourth-order valence-corrected chi connectivity index (χ4v) is 3.12. The van der Waals surface area contributed by atoms with Gasteiger partial charge in [-0.1, -0.05) is 30.3 Å². The van der Waals surface area contributed by atoms with Gasteiger partial charge >= 0.3 is 0 Å². The Morgan fingerprint density at radius 2 is 1.96 bits per heavy atom. The summed E-state index contributed by atoms with van der Waals surface area (Å²) < 4.78 is 0. The van der Waals surface area contributed by atoms with Crippen molar-refractivity contribution in [2.75, 3.05) is 12.3 Å². The average molecular weight is 337 g/mol. The second-order valence-corrected chi connectivity index (χ2v) is 6.44. The van der Waals surface area contributed by atoms with Crippen molar-refractivity contribution in [3.8, 4) is 0 Å². The Balaban J connectivity index is 1.70. The standard InChI is InChI=1S/C20H23N3O2/c1-14-8-9-17(21)11-18(14)20(25)22-12-15-5-2-3-6-16(15)13-23-10-4-7-19(23)24/h2-3,5-6,8-9,11H,4,7,10,12-13,21H2,1H3,(H,22,25). The van der Waals surface area contributed by atoms with E-state index < -0.39 is 0 Å². The van der Waals surface area contributed by atoms with Crippen LogP contribution >= 0.6 is 0 Å². The van der Waals surface area contributed by atoms with Crippen LogP contribution in [0.2, 0.25) is 0 Å². The zero-order valence-electron chi connectivity index (χ0n) is 14.4. The molecule has 0 atom stereocenters. The molecule has 0 radical (unpaired) electrons. The molecule has 2 amide bonds. The summed E-state index contributed by atoms with van der Waals surface area (Å²) >= 11 is 0. The van der Waals surface area contributed by atoms with Gasteiger partial charge in [0, 0.05) is 37.3 Å². The topological polar surface area (TPSA) is 75.4 Å². The predicted octanol–water partition coefficient (Wildman–Crippen LogP) is 2.63. The quantitative estimate of drug-likeness (QED) is 0.824. The Labute approximate surface area is 147 Å². The number of rotatable bonds is 5. The Bertz CT molecular complexity index is 801. The highest BCUT2D eigenvalue weighted by Crippen LogP contribution is 2.18. The van der Waals surface area contributed by atoms with E-state index in [0.717, 1.165) is 29.7 Å². The number of carbonyl (C=O) groups is 2. The smallest absolute Gasteiger partial charge is 0.251 e. The fraction of sp³-hybridized carbons (Fsp3) is 0.300. The molecule has 0 aromatic heterocycles. The second kappa shape index (κ2) is 7.38.